The molecule has 0 bridgehead atoms. The topological polar surface area (TPSA) is 121 Å². The van der Waals surface area contributed by atoms with E-state index >= 15 is 0 Å². The van der Waals surface area contributed by atoms with Gasteiger partial charge in [-0.1, -0.05) is 0 Å². The summed E-state index contributed by atoms with van der Waals surface area (Å²) in [6, 6.07) is 0.589. The molecule has 1 unspecified atom stereocenters. The van der Waals surface area contributed by atoms with Crippen LogP contribution in [0.1, 0.15) is 85.2 Å². The Morgan fingerprint density at radius 1 is 1.23 bits per heavy atom. The molecule has 0 spiro atoms. The first-order valence-corrected chi connectivity index (χ1v) is 13.3. The minimum absolute atomic E-state index is 0.101. The number of anilines is 1. The van der Waals surface area contributed by atoms with E-state index in [2.05, 4.69) is 15.3 Å². The fourth-order valence-electron chi connectivity index (χ4n) is 4.27. The average Bonchev–Trinajstić information content (AvgIpc) is 3.56. The maximum absolute atomic E-state index is 13.7. The monoisotopic (exact) mass is 577 g/mol. The fraction of sp³-hybridized carbons (Fsp3) is 0.600. The Hall–Kier alpha value is -2.87. The molecule has 14 heteroatoms. The maximum Gasteiger partial charge on any atom is 0.417 e. The Kier molecular flexibility index (Phi) is 9.20. The van der Waals surface area contributed by atoms with Gasteiger partial charge in [-0.05, 0) is 52.5 Å². The molecule has 4 N–H and O–H groups in total. The number of aliphatic hydroxyl groups is 1. The number of nitrogen functional groups attached to an aromatic ring is 1. The molecule has 2 aliphatic rings. The van der Waals surface area contributed by atoms with Gasteiger partial charge in [-0.3, -0.25) is 9.59 Å². The maximum atomic E-state index is 13.7. The van der Waals surface area contributed by atoms with Crippen molar-refractivity contribution < 1.29 is 36.6 Å². The number of halogens is 5. The fourth-order valence-corrected chi connectivity index (χ4v) is 5.26. The van der Waals surface area contributed by atoms with Crippen LogP contribution in [0.5, 0.6) is 0 Å². The Bertz CT molecular complexity index is 1190. The standard InChI is InChI=1S/C20H24F3N5O3S.C5H8F2/c1-10-5-4-6-28(10)18(30)14-15(11-8-25-13(24)7-12(11)20(21,22)23)32-17(27-14)16(29)26-9-19(2,3)31;6-5(7)3-1-2-4-5/h7-8,10,31H,4-6,9H2,1-3H3,(H2,24,25)(H,26,29);1-4H2. The van der Waals surface area contributed by atoms with Crippen molar-refractivity contribution in [3.8, 4) is 10.4 Å². The zero-order valence-corrected chi connectivity index (χ0v) is 22.7. The second-order valence-corrected chi connectivity index (χ2v) is 11.4. The summed E-state index contributed by atoms with van der Waals surface area (Å²) >= 11 is 0.663. The number of alkyl halides is 5. The van der Waals surface area contributed by atoms with E-state index in [9.17, 15) is 36.6 Å². The molecule has 4 rings (SSSR count). The number of pyridine rings is 1. The van der Waals surface area contributed by atoms with Gasteiger partial charge in [-0.15, -0.1) is 11.3 Å². The lowest BCUT2D eigenvalue weighted by molar-refractivity contribution is -0.137. The third kappa shape index (κ3) is 8.07. The van der Waals surface area contributed by atoms with Gasteiger partial charge in [-0.25, -0.2) is 18.7 Å². The summed E-state index contributed by atoms with van der Waals surface area (Å²) < 4.78 is 65.1. The van der Waals surface area contributed by atoms with E-state index in [4.69, 9.17) is 5.73 Å². The summed E-state index contributed by atoms with van der Waals surface area (Å²) in [5.74, 6) is -3.88. The molecule has 0 aromatic carbocycles. The van der Waals surface area contributed by atoms with Crippen LogP contribution in [0.4, 0.5) is 27.8 Å². The van der Waals surface area contributed by atoms with E-state index in [-0.39, 0.29) is 52.4 Å². The lowest BCUT2D eigenvalue weighted by Crippen LogP contribution is -2.38. The van der Waals surface area contributed by atoms with Crippen LogP contribution >= 0.6 is 11.3 Å². The average molecular weight is 578 g/mol. The van der Waals surface area contributed by atoms with Crippen LogP contribution in [0.2, 0.25) is 0 Å². The number of rotatable bonds is 5. The number of amides is 2. The van der Waals surface area contributed by atoms with E-state index in [1.807, 2.05) is 6.92 Å². The molecule has 1 aliphatic carbocycles. The first-order valence-electron chi connectivity index (χ1n) is 12.5. The number of aromatic nitrogens is 2. The highest BCUT2D eigenvalue weighted by Crippen LogP contribution is 2.41. The molecule has 216 valence electrons. The minimum atomic E-state index is -4.76. The normalized spacial score (nSPS) is 19.0. The van der Waals surface area contributed by atoms with Crippen molar-refractivity contribution in [3.63, 3.8) is 0 Å². The van der Waals surface area contributed by atoms with Crippen LogP contribution in [-0.2, 0) is 6.18 Å². The van der Waals surface area contributed by atoms with E-state index < -0.39 is 35.1 Å². The molecule has 1 saturated carbocycles. The first-order chi connectivity index (χ1) is 18.0. The molecule has 39 heavy (non-hydrogen) atoms. The summed E-state index contributed by atoms with van der Waals surface area (Å²) in [6.45, 7) is 5.16. The molecule has 2 fully saturated rings. The van der Waals surface area contributed by atoms with Crippen LogP contribution in [0.3, 0.4) is 0 Å². The van der Waals surface area contributed by atoms with Crippen molar-refractivity contribution >= 4 is 29.0 Å². The number of nitrogens with zero attached hydrogens (tertiary/aromatic N) is 3. The molecule has 1 saturated heterocycles. The highest BCUT2D eigenvalue weighted by atomic mass is 32.1. The lowest BCUT2D eigenvalue weighted by Gasteiger charge is -2.21. The van der Waals surface area contributed by atoms with Gasteiger partial charge < -0.3 is 21.1 Å². The quantitative estimate of drug-likeness (QED) is 0.424. The number of thiazole rings is 1. The summed E-state index contributed by atoms with van der Waals surface area (Å²) in [5.41, 5.74) is 2.58. The van der Waals surface area contributed by atoms with E-state index in [1.165, 1.54) is 18.7 Å². The lowest BCUT2D eigenvalue weighted by atomic mass is 10.1. The Balaban J connectivity index is 0.000000520. The predicted molar refractivity (Wildman–Crippen MR) is 137 cm³/mol. The number of nitrogens with one attached hydrogen (secondary N) is 1. The van der Waals surface area contributed by atoms with Crippen molar-refractivity contribution in [1.82, 2.24) is 20.2 Å². The van der Waals surface area contributed by atoms with Crippen LogP contribution in [0.25, 0.3) is 10.4 Å². The highest BCUT2D eigenvalue weighted by molar-refractivity contribution is 7.17. The van der Waals surface area contributed by atoms with E-state index in [1.54, 1.807) is 0 Å². The molecule has 3 heterocycles. The molecular weight excluding hydrogens is 545 g/mol. The van der Waals surface area contributed by atoms with Gasteiger partial charge in [0, 0.05) is 43.7 Å². The van der Waals surface area contributed by atoms with Crippen molar-refractivity contribution in [2.75, 3.05) is 18.8 Å². The zero-order chi connectivity index (χ0) is 29.2. The highest BCUT2D eigenvalue weighted by Gasteiger charge is 2.38. The van der Waals surface area contributed by atoms with Gasteiger partial charge in [0.2, 0.25) is 5.92 Å². The van der Waals surface area contributed by atoms with E-state index in [0.717, 1.165) is 19.0 Å². The Labute approximate surface area is 226 Å². The van der Waals surface area contributed by atoms with Gasteiger partial charge in [0.05, 0.1) is 16.0 Å². The summed E-state index contributed by atoms with van der Waals surface area (Å²) in [7, 11) is 0. The van der Waals surface area contributed by atoms with Gasteiger partial charge in [0.25, 0.3) is 11.8 Å². The summed E-state index contributed by atoms with van der Waals surface area (Å²) in [5, 5.41) is 12.1. The number of nitrogens with two attached hydrogens (primary N) is 1. The summed E-state index contributed by atoms with van der Waals surface area (Å²) in [4.78, 5) is 35.1. The van der Waals surface area contributed by atoms with Gasteiger partial charge in [-0.2, -0.15) is 13.2 Å². The number of likely N-dealkylation sites (tertiary alicyclic amines) is 1. The van der Waals surface area contributed by atoms with Crippen molar-refractivity contribution in [2.24, 2.45) is 0 Å². The second kappa shape index (κ2) is 11.7. The SMILES string of the molecule is CC1CCCN1C(=O)c1nc(C(=O)NCC(C)(C)O)sc1-c1cnc(N)cc1C(F)(F)F.FC1(F)CCCC1. The van der Waals surface area contributed by atoms with Crippen LogP contribution < -0.4 is 11.1 Å². The molecule has 2 aromatic heterocycles. The van der Waals surface area contributed by atoms with Crippen LogP contribution in [0, 0.1) is 0 Å². The Morgan fingerprint density at radius 3 is 2.36 bits per heavy atom. The third-order valence-corrected chi connectivity index (χ3v) is 7.42. The minimum Gasteiger partial charge on any atom is -0.389 e. The van der Waals surface area contributed by atoms with Crippen molar-refractivity contribution in [3.05, 3.63) is 28.5 Å². The molecule has 1 atom stereocenters. The molecule has 2 amide bonds. The molecule has 8 nitrogen and oxygen atoms in total. The van der Waals surface area contributed by atoms with Crippen molar-refractivity contribution in [1.29, 1.82) is 0 Å². The van der Waals surface area contributed by atoms with Crippen LogP contribution in [-0.4, -0.2) is 62.4 Å². The summed E-state index contributed by atoms with van der Waals surface area (Å²) in [6.07, 6.45) is -0.626. The Morgan fingerprint density at radius 2 is 1.87 bits per heavy atom. The molecule has 2 aromatic rings. The molecule has 0 radical (unpaired) electrons. The van der Waals surface area contributed by atoms with Gasteiger partial charge in [0.15, 0.2) is 5.01 Å². The molecule has 1 aliphatic heterocycles. The molecular formula is C25H32F5N5O3S. The number of hydrogen-bond acceptors (Lipinski definition) is 7. The second-order valence-electron chi connectivity index (χ2n) is 10.4. The van der Waals surface area contributed by atoms with Crippen LogP contribution in [0.15, 0.2) is 12.3 Å². The number of carbonyl (C=O) groups excluding carboxylic acids is 2. The smallest absolute Gasteiger partial charge is 0.389 e. The van der Waals surface area contributed by atoms with Crippen molar-refractivity contribution in [2.45, 2.75) is 83.0 Å². The van der Waals surface area contributed by atoms with Gasteiger partial charge in [0.1, 0.15) is 11.5 Å². The number of hydrogen-bond donors (Lipinski definition) is 3. The van der Waals surface area contributed by atoms with E-state index in [0.29, 0.717) is 36.8 Å². The van der Waals surface area contributed by atoms with Gasteiger partial charge >= 0.3 is 6.18 Å². The zero-order valence-electron chi connectivity index (χ0n) is 21.9. The first kappa shape index (κ1) is 30.7. The number of carbonyl (C=O) groups is 2. The third-order valence-electron chi connectivity index (χ3n) is 6.33. The predicted octanol–water partition coefficient (Wildman–Crippen LogP) is 5.13. The largest absolute Gasteiger partial charge is 0.417 e.